The topological polar surface area (TPSA) is 83.8 Å². The van der Waals surface area contributed by atoms with Crippen molar-refractivity contribution in [3.63, 3.8) is 0 Å². The van der Waals surface area contributed by atoms with Gasteiger partial charge in [-0.15, -0.1) is 0 Å². The Hall–Kier alpha value is -1.72. The van der Waals surface area contributed by atoms with Crippen LogP contribution in [0.2, 0.25) is 0 Å². The van der Waals surface area contributed by atoms with Crippen LogP contribution in [-0.2, 0) is 14.3 Å². The monoisotopic (exact) mass is 404 g/mol. The number of ether oxygens (including phenoxy) is 1. The van der Waals surface area contributed by atoms with E-state index in [1.54, 1.807) is 6.08 Å². The standard InChI is InChI=1S/C24H36O5/c1-3-4-14-23(16-9-17-23)15-8-10-19-12-13-21(25)20(19)11-6-5-7-18-24(27,28)22(26)29-2/h3-6,8,10,19-20,27-28H,7,9,11-18H2,1-2H3/b4-3-,6-5-,10-8+/t19-,20+/m0/s1. The second-order valence-electron chi connectivity index (χ2n) is 8.59. The summed E-state index contributed by atoms with van der Waals surface area (Å²) in [7, 11) is 1.12. The fourth-order valence-electron chi connectivity index (χ4n) is 4.41. The number of rotatable bonds is 11. The molecule has 2 atom stereocenters. The third-order valence-electron chi connectivity index (χ3n) is 6.52. The highest BCUT2D eigenvalue weighted by molar-refractivity contribution is 5.83. The number of carbonyl (C=O) groups is 2. The van der Waals surface area contributed by atoms with Gasteiger partial charge in [0.15, 0.2) is 0 Å². The number of carbonyl (C=O) groups excluding carboxylic acids is 2. The highest BCUT2D eigenvalue weighted by Gasteiger charge is 2.36. The molecule has 162 valence electrons. The van der Waals surface area contributed by atoms with Crippen LogP contribution in [0.3, 0.4) is 0 Å². The van der Waals surface area contributed by atoms with Gasteiger partial charge >= 0.3 is 5.97 Å². The Morgan fingerprint density at radius 3 is 2.55 bits per heavy atom. The smallest absolute Gasteiger partial charge is 0.366 e. The maximum Gasteiger partial charge on any atom is 0.366 e. The molecule has 5 heteroatoms. The summed E-state index contributed by atoms with van der Waals surface area (Å²) < 4.78 is 4.36. The molecule has 0 aromatic carbocycles. The number of Topliss-reactive ketones (excluding diaryl/α,β-unsaturated/α-hetero) is 1. The minimum Gasteiger partial charge on any atom is -0.465 e. The van der Waals surface area contributed by atoms with Crippen LogP contribution in [-0.4, -0.2) is 34.9 Å². The quantitative estimate of drug-likeness (QED) is 0.306. The number of aliphatic hydroxyl groups is 2. The van der Waals surface area contributed by atoms with E-state index in [1.165, 1.54) is 19.3 Å². The normalized spacial score (nSPS) is 24.6. The van der Waals surface area contributed by atoms with E-state index in [0.717, 1.165) is 26.4 Å². The number of hydrogen-bond donors (Lipinski definition) is 2. The van der Waals surface area contributed by atoms with Crippen molar-refractivity contribution in [3.8, 4) is 0 Å². The largest absolute Gasteiger partial charge is 0.465 e. The van der Waals surface area contributed by atoms with Gasteiger partial charge < -0.3 is 14.9 Å². The second kappa shape index (κ2) is 10.9. The first kappa shape index (κ1) is 23.6. The molecule has 5 nitrogen and oxygen atoms in total. The van der Waals surface area contributed by atoms with Crippen molar-refractivity contribution >= 4 is 11.8 Å². The fourth-order valence-corrected chi connectivity index (χ4v) is 4.41. The van der Waals surface area contributed by atoms with Crippen molar-refractivity contribution in [1.29, 1.82) is 0 Å². The molecule has 29 heavy (non-hydrogen) atoms. The number of hydrogen-bond acceptors (Lipinski definition) is 5. The summed E-state index contributed by atoms with van der Waals surface area (Å²) in [6.07, 6.45) is 21.2. The van der Waals surface area contributed by atoms with Gasteiger partial charge in [0.2, 0.25) is 0 Å². The van der Waals surface area contributed by atoms with E-state index in [0.29, 0.717) is 30.5 Å². The van der Waals surface area contributed by atoms with Crippen LogP contribution in [0.15, 0.2) is 36.5 Å². The molecule has 0 radical (unpaired) electrons. The van der Waals surface area contributed by atoms with E-state index in [9.17, 15) is 19.8 Å². The number of methoxy groups -OCH3 is 1. The van der Waals surface area contributed by atoms with Gasteiger partial charge in [0.25, 0.3) is 5.79 Å². The van der Waals surface area contributed by atoms with Crippen LogP contribution >= 0.6 is 0 Å². The lowest BCUT2D eigenvalue weighted by molar-refractivity contribution is -0.208. The third kappa shape index (κ3) is 6.65. The first-order valence-corrected chi connectivity index (χ1v) is 10.8. The van der Waals surface area contributed by atoms with Crippen molar-refractivity contribution in [2.75, 3.05) is 7.11 Å². The Labute approximate surface area is 174 Å². The van der Waals surface area contributed by atoms with Crippen molar-refractivity contribution in [3.05, 3.63) is 36.5 Å². The highest BCUT2D eigenvalue weighted by atomic mass is 16.6. The lowest BCUT2D eigenvalue weighted by atomic mass is 9.64. The molecule has 0 amide bonds. The molecule has 2 fully saturated rings. The van der Waals surface area contributed by atoms with Crippen molar-refractivity contribution in [2.45, 2.75) is 76.9 Å². The summed E-state index contributed by atoms with van der Waals surface area (Å²) in [5.74, 6) is -2.91. The Bertz CT molecular complexity index is 640. The molecular formula is C24H36O5. The van der Waals surface area contributed by atoms with Crippen LogP contribution in [0.5, 0.6) is 0 Å². The van der Waals surface area contributed by atoms with E-state index in [1.807, 2.05) is 6.08 Å². The molecule has 2 saturated carbocycles. The molecule has 0 aromatic heterocycles. The molecule has 2 N–H and O–H groups in total. The van der Waals surface area contributed by atoms with Crippen LogP contribution in [0, 0.1) is 17.3 Å². The number of ketones is 1. The van der Waals surface area contributed by atoms with Gasteiger partial charge in [0.05, 0.1) is 7.11 Å². The SMILES string of the molecule is C/C=C\CC1(C/C=C/[C@H]2CCC(=O)[C@@H]2C/C=C\CCC(O)(O)C(=O)OC)CCC1. The highest BCUT2D eigenvalue weighted by Crippen LogP contribution is 2.47. The Kier molecular flexibility index (Phi) is 8.84. The first-order valence-electron chi connectivity index (χ1n) is 10.8. The summed E-state index contributed by atoms with van der Waals surface area (Å²) in [5, 5.41) is 19.2. The van der Waals surface area contributed by atoms with E-state index in [2.05, 4.69) is 36.0 Å². The average molecular weight is 405 g/mol. The molecular weight excluding hydrogens is 368 g/mol. The van der Waals surface area contributed by atoms with E-state index >= 15 is 0 Å². The van der Waals surface area contributed by atoms with Crippen molar-refractivity contribution in [2.24, 2.45) is 17.3 Å². The molecule has 0 aromatic rings. The summed E-state index contributed by atoms with van der Waals surface area (Å²) >= 11 is 0. The zero-order valence-electron chi connectivity index (χ0n) is 17.8. The minimum absolute atomic E-state index is 0.00370. The van der Waals surface area contributed by atoms with Crippen molar-refractivity contribution in [1.82, 2.24) is 0 Å². The lowest BCUT2D eigenvalue weighted by Gasteiger charge is -2.41. The van der Waals surface area contributed by atoms with Crippen LogP contribution in [0.1, 0.15) is 71.1 Å². The molecule has 2 aliphatic rings. The van der Waals surface area contributed by atoms with Crippen LogP contribution in [0.25, 0.3) is 0 Å². The molecule has 0 bridgehead atoms. The predicted octanol–water partition coefficient (Wildman–Crippen LogP) is 4.24. The first-order chi connectivity index (χ1) is 13.8. The second-order valence-corrected chi connectivity index (χ2v) is 8.59. The van der Waals surface area contributed by atoms with Crippen molar-refractivity contribution < 1.29 is 24.5 Å². The number of allylic oxidation sites excluding steroid dienone is 6. The van der Waals surface area contributed by atoms with Gasteiger partial charge in [-0.1, -0.05) is 42.9 Å². The Balaban J connectivity index is 1.81. The molecule has 0 spiro atoms. The molecule has 0 heterocycles. The summed E-state index contributed by atoms with van der Waals surface area (Å²) in [4.78, 5) is 23.5. The van der Waals surface area contributed by atoms with Crippen LogP contribution in [0.4, 0.5) is 0 Å². The maximum atomic E-state index is 12.3. The van der Waals surface area contributed by atoms with Crippen LogP contribution < -0.4 is 0 Å². The zero-order valence-corrected chi connectivity index (χ0v) is 17.8. The Morgan fingerprint density at radius 2 is 1.93 bits per heavy atom. The fraction of sp³-hybridized carbons (Fsp3) is 0.667. The molecule has 2 rings (SSSR count). The van der Waals surface area contributed by atoms with E-state index in [-0.39, 0.29) is 18.3 Å². The molecule has 2 aliphatic carbocycles. The van der Waals surface area contributed by atoms with Gasteiger partial charge in [-0.25, -0.2) is 4.79 Å². The maximum absolute atomic E-state index is 12.3. The van der Waals surface area contributed by atoms with Gasteiger partial charge in [0.1, 0.15) is 5.78 Å². The predicted molar refractivity (Wildman–Crippen MR) is 113 cm³/mol. The lowest BCUT2D eigenvalue weighted by Crippen LogP contribution is -2.39. The molecule has 0 aliphatic heterocycles. The Morgan fingerprint density at radius 1 is 1.21 bits per heavy atom. The third-order valence-corrected chi connectivity index (χ3v) is 6.52. The minimum atomic E-state index is -2.46. The van der Waals surface area contributed by atoms with Gasteiger partial charge in [-0.2, -0.15) is 0 Å². The average Bonchev–Trinajstić information content (AvgIpc) is 3.01. The van der Waals surface area contributed by atoms with Gasteiger partial charge in [0, 0.05) is 18.8 Å². The number of esters is 1. The molecule has 0 saturated heterocycles. The zero-order chi connectivity index (χ0) is 21.3. The van der Waals surface area contributed by atoms with Gasteiger partial charge in [-0.05, 0) is 63.2 Å². The van der Waals surface area contributed by atoms with Gasteiger partial charge in [-0.3, -0.25) is 4.79 Å². The summed E-state index contributed by atoms with van der Waals surface area (Å²) in [6.45, 7) is 2.07. The molecule has 0 unspecified atom stereocenters. The van der Waals surface area contributed by atoms with E-state index in [4.69, 9.17) is 0 Å². The summed E-state index contributed by atoms with van der Waals surface area (Å²) in [6, 6.07) is 0. The summed E-state index contributed by atoms with van der Waals surface area (Å²) in [5.41, 5.74) is 0.432. The van der Waals surface area contributed by atoms with E-state index < -0.39 is 11.8 Å².